The first-order chi connectivity index (χ1) is 16.7. The van der Waals surface area contributed by atoms with Crippen LogP contribution in [-0.4, -0.2) is 64.3 Å². The van der Waals surface area contributed by atoms with Gasteiger partial charge >= 0.3 is 11.9 Å². The van der Waals surface area contributed by atoms with Crippen molar-refractivity contribution >= 4 is 23.6 Å². The minimum Gasteiger partial charge on any atom is -0.461 e. The molecule has 1 amide bonds. The highest BCUT2D eigenvalue weighted by molar-refractivity contribution is 6.08. The van der Waals surface area contributed by atoms with Gasteiger partial charge in [-0.3, -0.25) is 19.2 Å². The lowest BCUT2D eigenvalue weighted by molar-refractivity contribution is -0.182. The molecule has 7 atom stereocenters. The number of Topliss-reactive ketones (excluding diaryl/α,β-unsaturated/α-hetero) is 1. The normalized spacial score (nSPS) is 37.3. The first kappa shape index (κ1) is 29.2. The maximum absolute atomic E-state index is 13.7. The third-order valence-corrected chi connectivity index (χ3v) is 6.51. The monoisotopic (exact) mass is 503 g/mol. The zero-order valence-electron chi connectivity index (χ0n) is 21.7. The van der Waals surface area contributed by atoms with Crippen molar-refractivity contribution in [3.05, 3.63) is 47.6 Å². The Hall–Kier alpha value is -3.04. The maximum atomic E-state index is 13.7. The summed E-state index contributed by atoms with van der Waals surface area (Å²) in [6.07, 6.45) is 6.59. The van der Waals surface area contributed by atoms with Crippen molar-refractivity contribution in [3.63, 3.8) is 0 Å². The summed E-state index contributed by atoms with van der Waals surface area (Å²) in [5, 5.41) is 22.7. The Labute approximate surface area is 211 Å². The van der Waals surface area contributed by atoms with Gasteiger partial charge in [0.1, 0.15) is 23.7 Å². The van der Waals surface area contributed by atoms with Crippen LogP contribution in [0.3, 0.4) is 0 Å². The molecule has 3 rings (SSSR count). The number of ether oxygens (including phenoxy) is 2. The molecule has 0 saturated carbocycles. The second kappa shape index (κ2) is 12.3. The average Bonchev–Trinajstić information content (AvgIpc) is 2.80. The highest BCUT2D eigenvalue weighted by Gasteiger charge is 2.56. The molecule has 0 spiro atoms. The van der Waals surface area contributed by atoms with Gasteiger partial charge in [-0.2, -0.15) is 0 Å². The fourth-order valence-electron chi connectivity index (χ4n) is 4.17. The standard InChI is InChI=1S/C27H37NO8/c1-15-7-10-20(31)11-8-16(2)13-23(28-25(33)18(4)29)27(6)24(32)17(3)22(36-26(27)34)14-21(12-9-15)35-19(5)30/h7-9,11-13,17-18,20-23,29,31H,10,14H2,1-6H3,(H,28,33)/b11-8-,12-9-,15-7-,16-13-. The van der Waals surface area contributed by atoms with Gasteiger partial charge < -0.3 is 25.0 Å². The molecule has 0 aromatic carbocycles. The van der Waals surface area contributed by atoms with Crippen molar-refractivity contribution < 1.29 is 38.9 Å². The van der Waals surface area contributed by atoms with Crippen molar-refractivity contribution in [1.29, 1.82) is 0 Å². The lowest BCUT2D eigenvalue weighted by atomic mass is 9.69. The van der Waals surface area contributed by atoms with E-state index in [1.165, 1.54) is 26.8 Å². The fraction of sp³-hybridized carbons (Fsp3) is 0.556. The Balaban J connectivity index is 2.60. The number of carbonyl (C=O) groups is 4. The lowest BCUT2D eigenvalue weighted by Gasteiger charge is -2.42. The van der Waals surface area contributed by atoms with Crippen LogP contribution in [0, 0.1) is 11.3 Å². The van der Waals surface area contributed by atoms with Crippen molar-refractivity contribution in [3.8, 4) is 0 Å². The molecule has 36 heavy (non-hydrogen) atoms. The van der Waals surface area contributed by atoms with Crippen LogP contribution in [0.2, 0.25) is 0 Å². The molecule has 9 heteroatoms. The van der Waals surface area contributed by atoms with E-state index < -0.39 is 65.4 Å². The smallest absolute Gasteiger partial charge is 0.322 e. The van der Waals surface area contributed by atoms with Crippen LogP contribution in [-0.2, 0) is 28.7 Å². The first-order valence-electron chi connectivity index (χ1n) is 12.1. The van der Waals surface area contributed by atoms with Crippen molar-refractivity contribution in [2.75, 3.05) is 0 Å². The number of aliphatic hydroxyl groups is 2. The van der Waals surface area contributed by atoms with Gasteiger partial charge in [-0.25, -0.2) is 0 Å². The SMILES string of the molecule is CC(=O)OC1/C=C\C(C)=C/CC(O)/C=C\C(C)=C/C(NC(=O)C(C)O)C2(C)C(=O)OC(C1)C(C)C2=O. The van der Waals surface area contributed by atoms with Crippen molar-refractivity contribution in [1.82, 2.24) is 5.32 Å². The third-order valence-electron chi connectivity index (χ3n) is 6.51. The summed E-state index contributed by atoms with van der Waals surface area (Å²) in [5.74, 6) is -3.31. The Morgan fingerprint density at radius 1 is 1.19 bits per heavy atom. The van der Waals surface area contributed by atoms with E-state index in [0.717, 1.165) is 5.57 Å². The summed E-state index contributed by atoms with van der Waals surface area (Å²) in [5.41, 5.74) is -0.358. The van der Waals surface area contributed by atoms with Crippen LogP contribution in [0.1, 0.15) is 54.4 Å². The highest BCUT2D eigenvalue weighted by Crippen LogP contribution is 2.38. The van der Waals surface area contributed by atoms with Gasteiger partial charge in [0.2, 0.25) is 5.91 Å². The minimum absolute atomic E-state index is 0.0713. The van der Waals surface area contributed by atoms with E-state index in [-0.39, 0.29) is 6.42 Å². The van der Waals surface area contributed by atoms with E-state index in [1.54, 1.807) is 38.2 Å². The fourth-order valence-corrected chi connectivity index (χ4v) is 4.17. The van der Waals surface area contributed by atoms with Crippen LogP contribution in [0.25, 0.3) is 0 Å². The van der Waals surface area contributed by atoms with Gasteiger partial charge in [-0.15, -0.1) is 0 Å². The number of rotatable bonds is 3. The average molecular weight is 504 g/mol. The van der Waals surface area contributed by atoms with E-state index in [2.05, 4.69) is 5.32 Å². The molecular weight excluding hydrogens is 466 g/mol. The number of allylic oxidation sites excluding steroid dienone is 4. The maximum Gasteiger partial charge on any atom is 0.322 e. The summed E-state index contributed by atoms with van der Waals surface area (Å²) in [7, 11) is 0. The van der Waals surface area contributed by atoms with E-state index >= 15 is 0 Å². The third kappa shape index (κ3) is 7.24. The van der Waals surface area contributed by atoms with E-state index in [0.29, 0.717) is 12.0 Å². The molecule has 2 aliphatic heterocycles. The largest absolute Gasteiger partial charge is 0.461 e. The number of aliphatic hydroxyl groups excluding tert-OH is 2. The Morgan fingerprint density at radius 3 is 2.44 bits per heavy atom. The first-order valence-corrected chi connectivity index (χ1v) is 12.1. The molecule has 1 fully saturated rings. The van der Waals surface area contributed by atoms with Crippen molar-refractivity contribution in [2.24, 2.45) is 11.3 Å². The van der Waals surface area contributed by atoms with Gasteiger partial charge in [0, 0.05) is 13.3 Å². The van der Waals surface area contributed by atoms with Gasteiger partial charge in [0.05, 0.1) is 18.1 Å². The van der Waals surface area contributed by atoms with E-state index in [1.807, 2.05) is 13.0 Å². The number of nitrogens with one attached hydrogen (secondary N) is 1. The van der Waals surface area contributed by atoms with Crippen LogP contribution in [0.15, 0.2) is 47.6 Å². The summed E-state index contributed by atoms with van der Waals surface area (Å²) < 4.78 is 11.1. The molecular formula is C27H37NO8. The predicted octanol–water partition coefficient (Wildman–Crippen LogP) is 2.08. The molecule has 1 saturated heterocycles. The topological polar surface area (TPSA) is 139 Å². The van der Waals surface area contributed by atoms with Gasteiger partial charge in [-0.05, 0) is 40.2 Å². The zero-order valence-corrected chi connectivity index (χ0v) is 21.7. The number of ketones is 1. The number of fused-ring (bicyclic) bond motifs is 10. The highest BCUT2D eigenvalue weighted by atomic mass is 16.6. The second-order valence-corrected chi connectivity index (χ2v) is 9.72. The Bertz CT molecular complexity index is 992. The van der Waals surface area contributed by atoms with Gasteiger partial charge in [-0.1, -0.05) is 48.5 Å². The molecule has 0 aromatic heterocycles. The lowest BCUT2D eigenvalue weighted by Crippen LogP contribution is -2.62. The molecule has 3 aliphatic rings. The van der Waals surface area contributed by atoms with E-state index in [9.17, 15) is 29.4 Å². The number of amides is 1. The number of carbonyl (C=O) groups excluding carboxylic acids is 4. The number of hydrogen-bond donors (Lipinski definition) is 3. The molecule has 0 radical (unpaired) electrons. The van der Waals surface area contributed by atoms with E-state index in [4.69, 9.17) is 9.47 Å². The minimum atomic E-state index is -1.77. The zero-order chi connectivity index (χ0) is 27.2. The summed E-state index contributed by atoms with van der Waals surface area (Å²) >= 11 is 0. The molecule has 3 N–H and O–H groups in total. The molecule has 2 heterocycles. The van der Waals surface area contributed by atoms with Crippen LogP contribution in [0.4, 0.5) is 0 Å². The predicted molar refractivity (Wildman–Crippen MR) is 132 cm³/mol. The molecule has 2 bridgehead atoms. The quantitative estimate of drug-likeness (QED) is 0.393. The number of esters is 2. The van der Waals surface area contributed by atoms with Crippen LogP contribution < -0.4 is 5.32 Å². The second-order valence-electron chi connectivity index (χ2n) is 9.72. The Morgan fingerprint density at radius 2 is 1.83 bits per heavy atom. The summed E-state index contributed by atoms with van der Waals surface area (Å²) in [4.78, 5) is 51.0. The van der Waals surface area contributed by atoms with Gasteiger partial charge in [0.25, 0.3) is 0 Å². The van der Waals surface area contributed by atoms with Crippen LogP contribution >= 0.6 is 0 Å². The number of hydrogen-bond acceptors (Lipinski definition) is 8. The van der Waals surface area contributed by atoms with Crippen LogP contribution in [0.5, 0.6) is 0 Å². The molecule has 1 aliphatic carbocycles. The summed E-state index contributed by atoms with van der Waals surface area (Å²) in [6.45, 7) is 9.13. The molecule has 9 nitrogen and oxygen atoms in total. The van der Waals surface area contributed by atoms with Gasteiger partial charge in [0.15, 0.2) is 5.78 Å². The molecule has 7 unspecified atom stereocenters. The molecule has 0 aromatic rings. The molecule has 198 valence electrons. The summed E-state index contributed by atoms with van der Waals surface area (Å²) in [6, 6.07) is -1.12. The van der Waals surface area contributed by atoms with Crippen molar-refractivity contribution in [2.45, 2.75) is 84.8 Å². The Kier molecular flexibility index (Phi) is 9.95.